The van der Waals surface area contributed by atoms with Gasteiger partial charge in [-0.2, -0.15) is 0 Å². The molecule has 2 aromatic rings. The van der Waals surface area contributed by atoms with Gasteiger partial charge in [0.05, 0.1) is 24.4 Å². The number of methoxy groups -OCH3 is 1. The number of ether oxygens (including phenoxy) is 2. The average molecular weight is 393 g/mol. The highest BCUT2D eigenvalue weighted by Crippen LogP contribution is 2.48. The van der Waals surface area contributed by atoms with Crippen molar-refractivity contribution in [2.45, 2.75) is 75.2 Å². The van der Waals surface area contributed by atoms with E-state index >= 15 is 0 Å². The van der Waals surface area contributed by atoms with Crippen LogP contribution < -0.4 is 5.32 Å². The number of nitrogens with zero attached hydrogens (tertiary/aromatic N) is 2. The molecule has 2 aliphatic carbocycles. The lowest BCUT2D eigenvalue weighted by molar-refractivity contribution is 0.0261. The van der Waals surface area contributed by atoms with Gasteiger partial charge < -0.3 is 19.9 Å². The number of aromatic hydroxyl groups is 1. The highest BCUT2D eigenvalue weighted by atomic mass is 16.5. The predicted octanol–water partition coefficient (Wildman–Crippen LogP) is 4.09. The van der Waals surface area contributed by atoms with Crippen LogP contribution in [0.15, 0.2) is 18.2 Å². The Morgan fingerprint density at radius 3 is 2.72 bits per heavy atom. The van der Waals surface area contributed by atoms with Crippen molar-refractivity contribution in [3.63, 3.8) is 0 Å². The number of phenols is 1. The molecule has 1 aromatic heterocycles. The summed E-state index contributed by atoms with van der Waals surface area (Å²) in [7, 11) is 1.77. The summed E-state index contributed by atoms with van der Waals surface area (Å²) in [5, 5.41) is 23.5. The monoisotopic (exact) mass is 393 g/mol. The molecule has 29 heavy (non-hydrogen) atoms. The van der Waals surface area contributed by atoms with Crippen LogP contribution in [0.3, 0.4) is 0 Å². The average Bonchev–Trinajstić information content (AvgIpc) is 3.49. The number of hydrogen-bond donors (Lipinski definition) is 2. The molecule has 152 valence electrons. The van der Waals surface area contributed by atoms with Crippen molar-refractivity contribution in [3.05, 3.63) is 34.9 Å². The van der Waals surface area contributed by atoms with Gasteiger partial charge in [0.2, 0.25) is 0 Å². The first-order valence-corrected chi connectivity index (χ1v) is 10.9. The minimum atomic E-state index is 0.0643. The molecular weight excluding hydrogens is 366 g/mol. The summed E-state index contributed by atoms with van der Waals surface area (Å²) in [4.78, 5) is 0. The number of nitrogens with one attached hydrogen (secondary N) is 1. The van der Waals surface area contributed by atoms with E-state index in [-0.39, 0.29) is 24.4 Å². The molecule has 2 saturated carbocycles. The van der Waals surface area contributed by atoms with Gasteiger partial charge in [0.15, 0.2) is 5.82 Å². The molecule has 0 spiro atoms. The van der Waals surface area contributed by atoms with Crippen molar-refractivity contribution >= 4 is 5.82 Å². The molecule has 4 atom stereocenters. The van der Waals surface area contributed by atoms with Gasteiger partial charge in [-0.15, -0.1) is 10.2 Å². The van der Waals surface area contributed by atoms with Crippen molar-refractivity contribution < 1.29 is 14.6 Å². The van der Waals surface area contributed by atoms with Crippen LogP contribution in [0.4, 0.5) is 5.82 Å². The molecule has 0 unspecified atom stereocenters. The summed E-state index contributed by atoms with van der Waals surface area (Å²) < 4.78 is 11.8. The van der Waals surface area contributed by atoms with Crippen LogP contribution >= 0.6 is 0 Å². The largest absolute Gasteiger partial charge is 0.507 e. The second-order valence-corrected chi connectivity index (χ2v) is 8.97. The van der Waals surface area contributed by atoms with Crippen LogP contribution in [0, 0.1) is 0 Å². The molecule has 4 aliphatic rings. The fraction of sp³-hybridized carbons (Fsp3) is 0.565. The first-order valence-electron chi connectivity index (χ1n) is 10.9. The number of hydrogen-bond acceptors (Lipinski definition) is 6. The molecule has 6 nitrogen and oxygen atoms in total. The second-order valence-electron chi connectivity index (χ2n) is 8.97. The number of aromatic nitrogens is 2. The molecule has 3 fully saturated rings. The molecule has 6 rings (SSSR count). The van der Waals surface area contributed by atoms with Crippen LogP contribution in [0.5, 0.6) is 5.75 Å². The third-order valence-corrected chi connectivity index (χ3v) is 7.14. The first-order chi connectivity index (χ1) is 14.2. The summed E-state index contributed by atoms with van der Waals surface area (Å²) in [5.41, 5.74) is 5.14. The summed E-state index contributed by atoms with van der Waals surface area (Å²) in [6.07, 6.45) is 8.04. The van der Waals surface area contributed by atoms with Crippen LogP contribution in [0.1, 0.15) is 67.2 Å². The predicted molar refractivity (Wildman–Crippen MR) is 109 cm³/mol. The molecule has 0 amide bonds. The molecule has 1 saturated heterocycles. The van der Waals surface area contributed by atoms with E-state index in [9.17, 15) is 5.11 Å². The quantitative estimate of drug-likeness (QED) is 0.797. The highest BCUT2D eigenvalue weighted by molar-refractivity contribution is 5.73. The van der Waals surface area contributed by atoms with E-state index in [4.69, 9.17) is 9.47 Å². The Labute approximate surface area is 170 Å². The van der Waals surface area contributed by atoms with Gasteiger partial charge in [0.1, 0.15) is 11.4 Å². The molecule has 3 heterocycles. The number of benzene rings is 1. The number of fused-ring (bicyclic) bond motifs is 4. The lowest BCUT2D eigenvalue weighted by Gasteiger charge is -2.37. The molecule has 6 heteroatoms. The van der Waals surface area contributed by atoms with Crippen LogP contribution in [0.25, 0.3) is 11.3 Å². The minimum Gasteiger partial charge on any atom is -0.507 e. The normalized spacial score (nSPS) is 30.0. The lowest BCUT2D eigenvalue weighted by Crippen LogP contribution is -2.44. The van der Waals surface area contributed by atoms with Crippen molar-refractivity contribution in [3.8, 4) is 17.0 Å². The standard InChI is InChI=1S/C23H27N3O3/c1-28-19-9-7-17(19)24-23-21-16(11-14-5-8-20(21)29-14)22(25-26-23)15-6-4-13(10-18(15)27)12-2-3-12/h4,6,10,12,14,17,19-20,27H,2-3,5,7-9,11H2,1H3,(H,24,26)/t14-,17-,19-,20+/m1/s1. The maximum atomic E-state index is 10.8. The zero-order chi connectivity index (χ0) is 19.5. The molecule has 2 bridgehead atoms. The van der Waals surface area contributed by atoms with Crippen LogP contribution in [0.2, 0.25) is 0 Å². The minimum absolute atomic E-state index is 0.0643. The molecule has 2 aliphatic heterocycles. The van der Waals surface area contributed by atoms with Crippen LogP contribution in [-0.4, -0.2) is 40.7 Å². The molecule has 2 N–H and O–H groups in total. The Balaban J connectivity index is 1.41. The molecular formula is C23H27N3O3. The van der Waals surface area contributed by atoms with E-state index in [1.807, 2.05) is 12.1 Å². The van der Waals surface area contributed by atoms with Crippen molar-refractivity contribution in [2.24, 2.45) is 0 Å². The van der Waals surface area contributed by atoms with E-state index in [0.717, 1.165) is 54.7 Å². The van der Waals surface area contributed by atoms with Crippen LogP contribution in [-0.2, 0) is 15.9 Å². The van der Waals surface area contributed by atoms with Gasteiger partial charge in [-0.1, -0.05) is 6.07 Å². The SMILES string of the molecule is CO[C@@H]1CC[C@H]1Nc1nnc(-c2ccc(C3CC3)cc2O)c2c1[C@@H]1CC[C@H](C2)O1. The molecule has 1 aromatic carbocycles. The van der Waals surface area contributed by atoms with Gasteiger partial charge >= 0.3 is 0 Å². The highest BCUT2D eigenvalue weighted by Gasteiger charge is 2.40. The summed E-state index contributed by atoms with van der Waals surface area (Å²) in [5.74, 6) is 1.75. The Kier molecular flexibility index (Phi) is 4.06. The molecule has 0 radical (unpaired) electrons. The topological polar surface area (TPSA) is 76.5 Å². The first kappa shape index (κ1) is 17.7. The van der Waals surface area contributed by atoms with Crippen molar-refractivity contribution in [1.82, 2.24) is 10.2 Å². The number of phenolic OH excluding ortho intramolecular Hbond substituents is 1. The summed E-state index contributed by atoms with van der Waals surface area (Å²) in [6.45, 7) is 0. The van der Waals surface area contributed by atoms with E-state index in [0.29, 0.717) is 11.7 Å². The van der Waals surface area contributed by atoms with E-state index in [1.54, 1.807) is 7.11 Å². The zero-order valence-electron chi connectivity index (χ0n) is 16.7. The third-order valence-electron chi connectivity index (χ3n) is 7.14. The van der Waals surface area contributed by atoms with E-state index in [1.165, 1.54) is 24.0 Å². The van der Waals surface area contributed by atoms with E-state index < -0.39 is 0 Å². The number of rotatable bonds is 5. The van der Waals surface area contributed by atoms with Gasteiger partial charge in [-0.3, -0.25) is 0 Å². The Morgan fingerprint density at radius 2 is 2.00 bits per heavy atom. The lowest BCUT2D eigenvalue weighted by atomic mass is 9.88. The van der Waals surface area contributed by atoms with Gasteiger partial charge in [0, 0.05) is 24.7 Å². The smallest absolute Gasteiger partial charge is 0.155 e. The van der Waals surface area contributed by atoms with Gasteiger partial charge in [-0.25, -0.2) is 0 Å². The summed E-state index contributed by atoms with van der Waals surface area (Å²) in [6, 6.07) is 6.34. The summed E-state index contributed by atoms with van der Waals surface area (Å²) >= 11 is 0. The Morgan fingerprint density at radius 1 is 1.10 bits per heavy atom. The fourth-order valence-corrected chi connectivity index (χ4v) is 5.17. The zero-order valence-corrected chi connectivity index (χ0v) is 16.7. The second kappa shape index (κ2) is 6.67. The fourth-order valence-electron chi connectivity index (χ4n) is 5.17. The van der Waals surface area contributed by atoms with E-state index in [2.05, 4.69) is 21.6 Å². The Bertz CT molecular complexity index is 957. The van der Waals surface area contributed by atoms with Gasteiger partial charge in [-0.05, 0) is 67.7 Å². The Hall–Kier alpha value is -2.18. The third kappa shape index (κ3) is 2.92. The van der Waals surface area contributed by atoms with Gasteiger partial charge in [0.25, 0.3) is 0 Å². The number of anilines is 1. The van der Waals surface area contributed by atoms with Crippen molar-refractivity contribution in [1.29, 1.82) is 0 Å². The maximum absolute atomic E-state index is 10.8. The van der Waals surface area contributed by atoms with Crippen molar-refractivity contribution in [2.75, 3.05) is 12.4 Å². The maximum Gasteiger partial charge on any atom is 0.155 e.